The van der Waals surface area contributed by atoms with Crippen LogP contribution in [0.4, 0.5) is 0 Å². The van der Waals surface area contributed by atoms with Gasteiger partial charge in [0, 0.05) is 6.42 Å². The van der Waals surface area contributed by atoms with Gasteiger partial charge in [0.15, 0.2) is 0 Å². The Kier molecular flexibility index (Phi) is 3.07. The average molecular weight is 196 g/mol. The summed E-state index contributed by atoms with van der Waals surface area (Å²) in [4.78, 5) is 23.9. The van der Waals surface area contributed by atoms with Crippen LogP contribution in [-0.2, 0) is 14.3 Å². The van der Waals surface area contributed by atoms with Gasteiger partial charge >= 0.3 is 5.97 Å². The van der Waals surface area contributed by atoms with E-state index in [1.165, 1.54) is 12.0 Å². The van der Waals surface area contributed by atoms with E-state index < -0.39 is 18.1 Å². The van der Waals surface area contributed by atoms with Gasteiger partial charge in [0.25, 0.3) is 0 Å². The van der Waals surface area contributed by atoms with Crippen LogP contribution in [0.25, 0.3) is 0 Å². The maximum atomic E-state index is 11.4. The Labute approximate surface area is 82.2 Å². The second kappa shape index (κ2) is 4.09. The predicted octanol–water partition coefficient (Wildman–Crippen LogP) is 0.0625. The number of nitriles is 1. The Morgan fingerprint density at radius 2 is 2.43 bits per heavy atom. The normalized spacial score (nSPS) is 23.1. The molecule has 2 unspecified atom stereocenters. The molecule has 5 heteroatoms. The Hall–Kier alpha value is -1.57. The third kappa shape index (κ3) is 1.69. The van der Waals surface area contributed by atoms with Crippen LogP contribution in [0, 0.1) is 11.3 Å². The monoisotopic (exact) mass is 196 g/mol. The molecule has 2 atom stereocenters. The Morgan fingerprint density at radius 1 is 1.79 bits per heavy atom. The minimum absolute atomic E-state index is 0.158. The molecule has 0 saturated carbocycles. The molecule has 1 heterocycles. The van der Waals surface area contributed by atoms with Crippen molar-refractivity contribution in [1.29, 1.82) is 5.26 Å². The minimum Gasteiger partial charge on any atom is -0.467 e. The summed E-state index contributed by atoms with van der Waals surface area (Å²) in [6.07, 6.45) is 0.753. The van der Waals surface area contributed by atoms with Crippen LogP contribution in [0.5, 0.6) is 0 Å². The van der Waals surface area contributed by atoms with Gasteiger partial charge in [-0.2, -0.15) is 5.26 Å². The highest BCUT2D eigenvalue weighted by Crippen LogP contribution is 2.22. The van der Waals surface area contributed by atoms with Crippen LogP contribution in [0.15, 0.2) is 0 Å². The number of methoxy groups -OCH3 is 1. The standard InChI is InChI=1S/C9H12N2O3/c1-6(5-10)11-7(9(13)14-2)3-4-8(11)12/h6-7H,3-4H2,1-2H3. The van der Waals surface area contributed by atoms with Crippen molar-refractivity contribution in [2.45, 2.75) is 31.8 Å². The summed E-state index contributed by atoms with van der Waals surface area (Å²) in [7, 11) is 1.28. The number of carbonyl (C=O) groups excluding carboxylic acids is 2. The number of ether oxygens (including phenoxy) is 1. The highest BCUT2D eigenvalue weighted by atomic mass is 16.5. The number of rotatable bonds is 2. The molecule has 0 aromatic carbocycles. The summed E-state index contributed by atoms with van der Waals surface area (Å²) in [6.45, 7) is 1.60. The summed E-state index contributed by atoms with van der Waals surface area (Å²) in [5.74, 6) is -0.604. The summed E-state index contributed by atoms with van der Waals surface area (Å²) in [5.41, 5.74) is 0. The average Bonchev–Trinajstić information content (AvgIpc) is 2.58. The zero-order valence-electron chi connectivity index (χ0n) is 8.19. The molecule has 1 saturated heterocycles. The van der Waals surface area contributed by atoms with Crippen molar-refractivity contribution in [3.05, 3.63) is 0 Å². The maximum absolute atomic E-state index is 11.4. The molecule has 14 heavy (non-hydrogen) atoms. The SMILES string of the molecule is COC(=O)C1CCC(=O)N1C(C)C#N. The van der Waals surface area contributed by atoms with E-state index in [9.17, 15) is 9.59 Å². The molecule has 0 spiro atoms. The van der Waals surface area contributed by atoms with E-state index in [2.05, 4.69) is 4.74 Å². The first-order chi connectivity index (χ1) is 6.61. The molecule has 1 amide bonds. The first-order valence-electron chi connectivity index (χ1n) is 4.40. The van der Waals surface area contributed by atoms with Crippen LogP contribution in [0.3, 0.4) is 0 Å². The lowest BCUT2D eigenvalue weighted by Gasteiger charge is -2.24. The van der Waals surface area contributed by atoms with E-state index in [0.29, 0.717) is 12.8 Å². The highest BCUT2D eigenvalue weighted by Gasteiger charge is 2.39. The van der Waals surface area contributed by atoms with Crippen LogP contribution >= 0.6 is 0 Å². The van der Waals surface area contributed by atoms with Crippen molar-refractivity contribution in [2.24, 2.45) is 0 Å². The van der Waals surface area contributed by atoms with Crippen LogP contribution < -0.4 is 0 Å². The van der Waals surface area contributed by atoms with E-state index in [-0.39, 0.29) is 5.91 Å². The Morgan fingerprint density at radius 3 is 2.93 bits per heavy atom. The van der Waals surface area contributed by atoms with Gasteiger partial charge in [-0.3, -0.25) is 4.79 Å². The second-order valence-corrected chi connectivity index (χ2v) is 3.18. The fraction of sp³-hybridized carbons (Fsp3) is 0.667. The van der Waals surface area contributed by atoms with Gasteiger partial charge in [-0.15, -0.1) is 0 Å². The molecular weight excluding hydrogens is 184 g/mol. The Balaban J connectivity index is 2.83. The van der Waals surface area contributed by atoms with Crippen molar-refractivity contribution in [2.75, 3.05) is 7.11 Å². The molecular formula is C9H12N2O3. The van der Waals surface area contributed by atoms with E-state index >= 15 is 0 Å². The van der Waals surface area contributed by atoms with Crippen molar-refractivity contribution in [3.63, 3.8) is 0 Å². The molecule has 1 aliphatic rings. The van der Waals surface area contributed by atoms with Gasteiger partial charge in [0.2, 0.25) is 5.91 Å². The van der Waals surface area contributed by atoms with E-state index in [0.717, 1.165) is 0 Å². The largest absolute Gasteiger partial charge is 0.467 e. The van der Waals surface area contributed by atoms with E-state index in [1.54, 1.807) is 6.92 Å². The van der Waals surface area contributed by atoms with Crippen molar-refractivity contribution >= 4 is 11.9 Å². The van der Waals surface area contributed by atoms with Crippen LogP contribution in [-0.4, -0.2) is 36.0 Å². The van der Waals surface area contributed by atoms with Gasteiger partial charge in [0.1, 0.15) is 12.1 Å². The first-order valence-corrected chi connectivity index (χ1v) is 4.40. The Bertz CT molecular complexity index is 295. The summed E-state index contributed by atoms with van der Waals surface area (Å²) in [6, 6.07) is 0.787. The molecule has 0 aliphatic carbocycles. The molecule has 1 aliphatic heterocycles. The highest BCUT2D eigenvalue weighted by molar-refractivity contribution is 5.88. The zero-order valence-corrected chi connectivity index (χ0v) is 8.19. The quantitative estimate of drug-likeness (QED) is 0.585. The minimum atomic E-state index is -0.581. The predicted molar refractivity (Wildman–Crippen MR) is 47.0 cm³/mol. The lowest BCUT2D eigenvalue weighted by Crippen LogP contribution is -2.44. The number of esters is 1. The molecule has 0 bridgehead atoms. The smallest absolute Gasteiger partial charge is 0.328 e. The van der Waals surface area contributed by atoms with Crippen molar-refractivity contribution < 1.29 is 14.3 Å². The number of likely N-dealkylation sites (tertiary alicyclic amines) is 1. The molecule has 1 rings (SSSR count). The molecule has 76 valence electrons. The summed E-state index contributed by atoms with van der Waals surface area (Å²) >= 11 is 0. The van der Waals surface area contributed by atoms with Crippen molar-refractivity contribution in [3.8, 4) is 6.07 Å². The number of amides is 1. The van der Waals surface area contributed by atoms with Gasteiger partial charge in [-0.1, -0.05) is 0 Å². The first kappa shape index (κ1) is 10.5. The van der Waals surface area contributed by atoms with Gasteiger partial charge in [-0.25, -0.2) is 4.79 Å². The molecule has 5 nitrogen and oxygen atoms in total. The van der Waals surface area contributed by atoms with Crippen LogP contribution in [0.1, 0.15) is 19.8 Å². The molecule has 0 aromatic heterocycles. The molecule has 0 radical (unpaired) electrons. The topological polar surface area (TPSA) is 70.4 Å². The number of hydrogen-bond acceptors (Lipinski definition) is 4. The zero-order chi connectivity index (χ0) is 10.7. The number of nitrogens with zero attached hydrogens (tertiary/aromatic N) is 2. The third-order valence-corrected chi connectivity index (χ3v) is 2.33. The van der Waals surface area contributed by atoms with E-state index in [1.807, 2.05) is 6.07 Å². The number of hydrogen-bond donors (Lipinski definition) is 0. The molecule has 1 fully saturated rings. The molecule has 0 N–H and O–H groups in total. The van der Waals surface area contributed by atoms with Crippen LogP contribution in [0.2, 0.25) is 0 Å². The third-order valence-electron chi connectivity index (χ3n) is 2.33. The summed E-state index contributed by atoms with van der Waals surface area (Å²) in [5, 5.41) is 8.69. The maximum Gasteiger partial charge on any atom is 0.328 e. The lowest BCUT2D eigenvalue weighted by molar-refractivity contribution is -0.149. The van der Waals surface area contributed by atoms with Gasteiger partial charge in [-0.05, 0) is 13.3 Å². The van der Waals surface area contributed by atoms with Gasteiger partial charge < -0.3 is 9.64 Å². The fourth-order valence-corrected chi connectivity index (χ4v) is 1.62. The second-order valence-electron chi connectivity index (χ2n) is 3.18. The number of carbonyl (C=O) groups is 2. The van der Waals surface area contributed by atoms with Gasteiger partial charge in [0.05, 0.1) is 13.2 Å². The summed E-state index contributed by atoms with van der Waals surface area (Å²) < 4.78 is 4.57. The van der Waals surface area contributed by atoms with Crippen molar-refractivity contribution in [1.82, 2.24) is 4.90 Å². The van der Waals surface area contributed by atoms with E-state index in [4.69, 9.17) is 5.26 Å². The molecule has 0 aromatic rings. The lowest BCUT2D eigenvalue weighted by atomic mass is 10.2. The fourth-order valence-electron chi connectivity index (χ4n) is 1.62.